The smallest absolute Gasteiger partial charge is 0.303 e. The lowest BCUT2D eigenvalue weighted by Gasteiger charge is -1.96. The van der Waals surface area contributed by atoms with E-state index in [0.29, 0.717) is 6.42 Å². The molecule has 0 atom stereocenters. The molecule has 1 N–H and O–H groups in total. The molecule has 0 rings (SSSR count). The summed E-state index contributed by atoms with van der Waals surface area (Å²) < 4.78 is 0. The normalized spacial score (nSPS) is 12.1. The molecule has 2 heteroatoms. The molecule has 0 fully saturated rings. The molecule has 0 amide bonds. The van der Waals surface area contributed by atoms with Crippen molar-refractivity contribution in [3.05, 3.63) is 36.5 Å². The Morgan fingerprint density at radius 2 is 1.50 bits per heavy atom. The average molecular weight is 250 g/mol. The minimum absolute atomic E-state index is 0.308. The summed E-state index contributed by atoms with van der Waals surface area (Å²) in [7, 11) is 0. The van der Waals surface area contributed by atoms with Gasteiger partial charge in [0.05, 0.1) is 0 Å². The molecule has 0 saturated heterocycles. The van der Waals surface area contributed by atoms with Crippen molar-refractivity contribution in [3.8, 4) is 0 Å². The van der Waals surface area contributed by atoms with Gasteiger partial charge in [0.15, 0.2) is 0 Å². The second kappa shape index (κ2) is 13.8. The first-order chi connectivity index (χ1) is 8.77. The van der Waals surface area contributed by atoms with Crippen molar-refractivity contribution in [3.63, 3.8) is 0 Å². The summed E-state index contributed by atoms with van der Waals surface area (Å²) in [6.45, 7) is 2.17. The lowest BCUT2D eigenvalue weighted by atomic mass is 10.1. The zero-order chi connectivity index (χ0) is 13.5. The van der Waals surface area contributed by atoms with Gasteiger partial charge >= 0.3 is 5.97 Å². The Bertz CT molecular complexity index is 275. The van der Waals surface area contributed by atoms with Crippen molar-refractivity contribution in [1.82, 2.24) is 0 Å². The maximum Gasteiger partial charge on any atom is 0.303 e. The number of aliphatic carboxylic acids is 1. The SMILES string of the molecule is CCC/C=C/C=C/C=C/CCCCCCC(=O)O. The van der Waals surface area contributed by atoms with E-state index in [4.69, 9.17) is 5.11 Å². The van der Waals surface area contributed by atoms with E-state index < -0.39 is 5.97 Å². The molecule has 0 aromatic carbocycles. The van der Waals surface area contributed by atoms with Gasteiger partial charge in [0.2, 0.25) is 0 Å². The van der Waals surface area contributed by atoms with E-state index in [9.17, 15) is 4.79 Å². The number of carboxylic acid groups (broad SMARTS) is 1. The van der Waals surface area contributed by atoms with E-state index in [0.717, 1.165) is 38.5 Å². The summed E-state index contributed by atoms with van der Waals surface area (Å²) in [4.78, 5) is 10.3. The summed E-state index contributed by atoms with van der Waals surface area (Å²) in [5.74, 6) is -0.684. The molecular formula is C16H26O2. The van der Waals surface area contributed by atoms with Gasteiger partial charge in [-0.25, -0.2) is 0 Å². The number of allylic oxidation sites excluding steroid dienone is 6. The lowest BCUT2D eigenvalue weighted by Crippen LogP contribution is -1.93. The van der Waals surface area contributed by atoms with Crippen molar-refractivity contribution >= 4 is 5.97 Å². The van der Waals surface area contributed by atoms with Crippen LogP contribution in [0.3, 0.4) is 0 Å². The molecule has 0 heterocycles. The monoisotopic (exact) mass is 250 g/mol. The predicted octanol–water partition coefficient (Wildman–Crippen LogP) is 4.88. The van der Waals surface area contributed by atoms with Gasteiger partial charge in [-0.1, -0.05) is 62.6 Å². The number of unbranched alkanes of at least 4 members (excludes halogenated alkanes) is 5. The summed E-state index contributed by atoms with van der Waals surface area (Å²) in [6, 6.07) is 0. The van der Waals surface area contributed by atoms with Gasteiger partial charge < -0.3 is 5.11 Å². The first-order valence-corrected chi connectivity index (χ1v) is 6.97. The highest BCUT2D eigenvalue weighted by Crippen LogP contribution is 2.05. The number of carboxylic acids is 1. The molecular weight excluding hydrogens is 224 g/mol. The Morgan fingerprint density at radius 3 is 2.11 bits per heavy atom. The van der Waals surface area contributed by atoms with E-state index in [2.05, 4.69) is 43.4 Å². The highest BCUT2D eigenvalue weighted by atomic mass is 16.4. The third kappa shape index (κ3) is 14.7. The first kappa shape index (κ1) is 16.7. The van der Waals surface area contributed by atoms with E-state index in [1.807, 2.05) is 0 Å². The second-order valence-corrected chi connectivity index (χ2v) is 4.38. The Kier molecular flexibility index (Phi) is 12.8. The van der Waals surface area contributed by atoms with Gasteiger partial charge in [-0.3, -0.25) is 4.79 Å². The van der Waals surface area contributed by atoms with Gasteiger partial charge in [-0.2, -0.15) is 0 Å². The van der Waals surface area contributed by atoms with Gasteiger partial charge in [0.25, 0.3) is 0 Å². The molecule has 0 unspecified atom stereocenters. The van der Waals surface area contributed by atoms with Gasteiger partial charge in [-0.15, -0.1) is 0 Å². The Balaban J connectivity index is 3.30. The summed E-state index contributed by atoms with van der Waals surface area (Å²) in [6.07, 6.45) is 20.4. The van der Waals surface area contributed by atoms with Gasteiger partial charge in [0, 0.05) is 6.42 Å². The van der Waals surface area contributed by atoms with E-state index in [1.54, 1.807) is 0 Å². The highest BCUT2D eigenvalue weighted by Gasteiger charge is 1.95. The molecule has 2 nitrogen and oxygen atoms in total. The third-order valence-corrected chi connectivity index (χ3v) is 2.57. The fourth-order valence-electron chi connectivity index (χ4n) is 1.54. The molecule has 0 aromatic rings. The second-order valence-electron chi connectivity index (χ2n) is 4.38. The van der Waals surface area contributed by atoms with Crippen LogP contribution in [0.4, 0.5) is 0 Å². The third-order valence-electron chi connectivity index (χ3n) is 2.57. The Morgan fingerprint density at radius 1 is 0.889 bits per heavy atom. The van der Waals surface area contributed by atoms with Crippen LogP contribution >= 0.6 is 0 Å². The minimum atomic E-state index is -0.684. The van der Waals surface area contributed by atoms with Crippen LogP contribution in [0, 0.1) is 0 Å². The number of hydrogen-bond donors (Lipinski definition) is 1. The van der Waals surface area contributed by atoms with Crippen LogP contribution < -0.4 is 0 Å². The number of rotatable bonds is 11. The topological polar surface area (TPSA) is 37.3 Å². The highest BCUT2D eigenvalue weighted by molar-refractivity contribution is 5.66. The van der Waals surface area contributed by atoms with Crippen LogP contribution in [0.5, 0.6) is 0 Å². The summed E-state index contributed by atoms with van der Waals surface area (Å²) in [5, 5.41) is 8.47. The molecule has 0 aliphatic heterocycles. The Hall–Kier alpha value is -1.31. The van der Waals surface area contributed by atoms with Crippen LogP contribution in [-0.4, -0.2) is 11.1 Å². The predicted molar refractivity (Wildman–Crippen MR) is 77.7 cm³/mol. The molecule has 0 saturated carbocycles. The molecule has 0 bridgehead atoms. The fraction of sp³-hybridized carbons (Fsp3) is 0.562. The van der Waals surface area contributed by atoms with Crippen LogP contribution in [0.2, 0.25) is 0 Å². The van der Waals surface area contributed by atoms with Crippen molar-refractivity contribution < 1.29 is 9.90 Å². The van der Waals surface area contributed by atoms with Gasteiger partial charge in [0.1, 0.15) is 0 Å². The molecule has 0 spiro atoms. The Labute approximate surface area is 111 Å². The molecule has 0 aliphatic carbocycles. The zero-order valence-electron chi connectivity index (χ0n) is 11.5. The largest absolute Gasteiger partial charge is 0.481 e. The van der Waals surface area contributed by atoms with Crippen molar-refractivity contribution in [1.29, 1.82) is 0 Å². The number of hydrogen-bond acceptors (Lipinski definition) is 1. The maximum absolute atomic E-state index is 10.3. The molecule has 18 heavy (non-hydrogen) atoms. The summed E-state index contributed by atoms with van der Waals surface area (Å²) >= 11 is 0. The van der Waals surface area contributed by atoms with Crippen LogP contribution in [0.25, 0.3) is 0 Å². The van der Waals surface area contributed by atoms with Crippen molar-refractivity contribution in [2.24, 2.45) is 0 Å². The average Bonchev–Trinajstić information content (AvgIpc) is 2.34. The van der Waals surface area contributed by atoms with Crippen LogP contribution in [0.1, 0.15) is 58.3 Å². The van der Waals surface area contributed by atoms with Crippen LogP contribution in [-0.2, 0) is 4.79 Å². The lowest BCUT2D eigenvalue weighted by molar-refractivity contribution is -0.137. The van der Waals surface area contributed by atoms with Crippen molar-refractivity contribution in [2.45, 2.75) is 58.3 Å². The standard InChI is InChI=1S/C16H26O2/c1-2-3-4-5-6-7-8-9-10-11-12-13-14-15-16(17)18/h4-9H,2-3,10-15H2,1H3,(H,17,18)/b5-4+,7-6+,9-8+. The van der Waals surface area contributed by atoms with E-state index in [1.165, 1.54) is 6.42 Å². The van der Waals surface area contributed by atoms with E-state index >= 15 is 0 Å². The number of carbonyl (C=O) groups is 1. The molecule has 0 aromatic heterocycles. The quantitative estimate of drug-likeness (QED) is 0.419. The summed E-state index contributed by atoms with van der Waals surface area (Å²) in [5.41, 5.74) is 0. The molecule has 102 valence electrons. The van der Waals surface area contributed by atoms with E-state index in [-0.39, 0.29) is 0 Å². The van der Waals surface area contributed by atoms with Gasteiger partial charge in [-0.05, 0) is 25.7 Å². The molecule has 0 aliphatic rings. The zero-order valence-corrected chi connectivity index (χ0v) is 11.5. The maximum atomic E-state index is 10.3. The minimum Gasteiger partial charge on any atom is -0.481 e. The first-order valence-electron chi connectivity index (χ1n) is 6.97. The fourth-order valence-corrected chi connectivity index (χ4v) is 1.54. The van der Waals surface area contributed by atoms with Crippen molar-refractivity contribution in [2.75, 3.05) is 0 Å². The molecule has 0 radical (unpaired) electrons. The van der Waals surface area contributed by atoms with Crippen LogP contribution in [0.15, 0.2) is 36.5 Å².